The Morgan fingerprint density at radius 2 is 1.60 bits per heavy atom. The molecule has 5 amide bonds. The average molecular weight is 565 g/mol. The van der Waals surface area contributed by atoms with Gasteiger partial charge in [0.25, 0.3) is 0 Å². The number of urea groups is 2. The first-order valence-electron chi connectivity index (χ1n) is 14.0. The van der Waals surface area contributed by atoms with Crippen molar-refractivity contribution in [2.24, 2.45) is 0 Å². The molecule has 2 N–H and O–H groups in total. The Morgan fingerprint density at radius 1 is 0.905 bits per heavy atom. The van der Waals surface area contributed by atoms with E-state index in [4.69, 9.17) is 5.10 Å². The van der Waals surface area contributed by atoms with Gasteiger partial charge in [0.05, 0.1) is 17.1 Å². The number of carbonyl (C=O) groups is 3. The van der Waals surface area contributed by atoms with Crippen LogP contribution in [-0.2, 0) is 16.8 Å². The van der Waals surface area contributed by atoms with Crippen molar-refractivity contribution in [1.82, 2.24) is 14.7 Å². The molecular weight excluding hydrogens is 528 g/mol. The highest BCUT2D eigenvalue weighted by Gasteiger charge is 2.33. The van der Waals surface area contributed by atoms with Gasteiger partial charge in [-0.05, 0) is 55.3 Å². The van der Waals surface area contributed by atoms with Crippen molar-refractivity contribution in [3.63, 3.8) is 0 Å². The third-order valence-electron chi connectivity index (χ3n) is 7.25. The molecule has 9 heteroatoms. The number of nitrogens with one attached hydrogen (secondary N) is 2. The van der Waals surface area contributed by atoms with Gasteiger partial charge in [-0.1, -0.05) is 68.8 Å². The summed E-state index contributed by atoms with van der Waals surface area (Å²) in [4.78, 5) is 41.8. The molecule has 5 rings (SSSR count). The third kappa shape index (κ3) is 6.20. The van der Waals surface area contributed by atoms with Crippen molar-refractivity contribution in [2.75, 3.05) is 22.1 Å². The minimum absolute atomic E-state index is 0.196. The highest BCUT2D eigenvalue weighted by molar-refractivity contribution is 6.16. The number of imide groups is 1. The lowest BCUT2D eigenvalue weighted by Crippen LogP contribution is -2.52. The first-order chi connectivity index (χ1) is 20.0. The fraction of sp³-hybridized carbons (Fsp3) is 0.273. The molecule has 0 atom stereocenters. The molecule has 0 spiro atoms. The standard InChI is InChI=1S/C33H36N6O3/c1-22-10-16-26(17-11-22)39-29(20-28(36-39)33(3,4)5)35-31(41)34-25-14-12-24(13-15-25)21-37-19-18-30(40)38(32(37)42)27-9-7-6-8-23(27)2/h6-17,20H,18-19,21H2,1-5H3,(H2,34,35,41). The van der Waals surface area contributed by atoms with E-state index < -0.39 is 6.03 Å². The van der Waals surface area contributed by atoms with Crippen LogP contribution in [0.2, 0.25) is 0 Å². The highest BCUT2D eigenvalue weighted by Crippen LogP contribution is 2.28. The molecule has 2 heterocycles. The highest BCUT2D eigenvalue weighted by atomic mass is 16.2. The van der Waals surface area contributed by atoms with E-state index in [-0.39, 0.29) is 23.8 Å². The monoisotopic (exact) mass is 564 g/mol. The smallest absolute Gasteiger partial charge is 0.319 e. The summed E-state index contributed by atoms with van der Waals surface area (Å²) in [5.41, 5.74) is 5.63. The molecular formula is C33H36N6O3. The molecule has 1 aliphatic rings. The van der Waals surface area contributed by atoms with E-state index in [0.29, 0.717) is 30.3 Å². The quantitative estimate of drug-likeness (QED) is 0.269. The molecule has 0 unspecified atom stereocenters. The second-order valence-corrected chi connectivity index (χ2v) is 11.7. The Balaban J connectivity index is 1.26. The maximum atomic E-state index is 13.2. The van der Waals surface area contributed by atoms with Gasteiger partial charge in [-0.15, -0.1) is 0 Å². The zero-order valence-electron chi connectivity index (χ0n) is 24.6. The molecule has 1 aliphatic heterocycles. The van der Waals surface area contributed by atoms with Crippen LogP contribution in [0.3, 0.4) is 0 Å². The second kappa shape index (κ2) is 11.5. The molecule has 4 aromatic rings. The van der Waals surface area contributed by atoms with Crippen molar-refractivity contribution >= 4 is 35.2 Å². The van der Waals surface area contributed by atoms with Gasteiger partial charge < -0.3 is 10.2 Å². The van der Waals surface area contributed by atoms with E-state index in [1.54, 1.807) is 27.8 Å². The number of aryl methyl sites for hydroxylation is 2. The molecule has 0 aliphatic carbocycles. The molecule has 0 radical (unpaired) electrons. The van der Waals surface area contributed by atoms with Crippen LogP contribution in [0.4, 0.5) is 26.8 Å². The van der Waals surface area contributed by atoms with Crippen molar-refractivity contribution < 1.29 is 14.4 Å². The lowest BCUT2D eigenvalue weighted by Gasteiger charge is -2.34. The summed E-state index contributed by atoms with van der Waals surface area (Å²) in [6.07, 6.45) is 0.260. The first kappa shape index (κ1) is 28.6. The SMILES string of the molecule is Cc1ccc(-n2nc(C(C)(C)C)cc2NC(=O)Nc2ccc(CN3CCC(=O)N(c4ccccc4C)C3=O)cc2)cc1. The van der Waals surface area contributed by atoms with Crippen LogP contribution >= 0.6 is 0 Å². The molecule has 9 nitrogen and oxygen atoms in total. The number of nitrogens with zero attached hydrogens (tertiary/aromatic N) is 4. The number of rotatable bonds is 6. The van der Waals surface area contributed by atoms with Crippen LogP contribution < -0.4 is 15.5 Å². The van der Waals surface area contributed by atoms with Gasteiger partial charge in [-0.2, -0.15) is 5.10 Å². The van der Waals surface area contributed by atoms with Crippen LogP contribution in [0.15, 0.2) is 78.9 Å². The Bertz CT molecular complexity index is 1620. The van der Waals surface area contributed by atoms with E-state index in [2.05, 4.69) is 31.4 Å². The Kier molecular flexibility index (Phi) is 7.85. The fourth-order valence-corrected chi connectivity index (χ4v) is 4.80. The van der Waals surface area contributed by atoms with Crippen molar-refractivity contribution in [3.05, 3.63) is 101 Å². The lowest BCUT2D eigenvalue weighted by molar-refractivity contribution is -0.119. The minimum atomic E-state index is -0.393. The predicted octanol–water partition coefficient (Wildman–Crippen LogP) is 6.79. The predicted molar refractivity (Wildman–Crippen MR) is 165 cm³/mol. The zero-order valence-corrected chi connectivity index (χ0v) is 24.6. The summed E-state index contributed by atoms with van der Waals surface area (Å²) in [5, 5.41) is 10.6. The van der Waals surface area contributed by atoms with Gasteiger partial charge in [0.2, 0.25) is 5.91 Å². The largest absolute Gasteiger partial charge is 0.331 e. The molecule has 1 aromatic heterocycles. The molecule has 1 fully saturated rings. The van der Waals surface area contributed by atoms with E-state index in [0.717, 1.165) is 28.1 Å². The number of benzene rings is 3. The third-order valence-corrected chi connectivity index (χ3v) is 7.25. The lowest BCUT2D eigenvalue weighted by atomic mass is 9.92. The molecule has 0 bridgehead atoms. The number of para-hydroxylation sites is 1. The van der Waals surface area contributed by atoms with Gasteiger partial charge >= 0.3 is 12.1 Å². The van der Waals surface area contributed by atoms with Crippen molar-refractivity contribution in [2.45, 2.75) is 53.0 Å². The maximum Gasteiger partial charge on any atom is 0.331 e. The number of amides is 5. The van der Waals surface area contributed by atoms with Gasteiger partial charge in [0, 0.05) is 36.7 Å². The van der Waals surface area contributed by atoms with Crippen LogP contribution in [0, 0.1) is 13.8 Å². The summed E-state index contributed by atoms with van der Waals surface area (Å²) in [7, 11) is 0. The second-order valence-electron chi connectivity index (χ2n) is 11.7. The van der Waals surface area contributed by atoms with Crippen molar-refractivity contribution in [3.8, 4) is 5.69 Å². The summed E-state index contributed by atoms with van der Waals surface area (Å²) in [5.74, 6) is 0.365. The maximum absolute atomic E-state index is 13.2. The van der Waals surface area contributed by atoms with E-state index in [9.17, 15) is 14.4 Å². The summed E-state index contributed by atoms with van der Waals surface area (Å²) in [6.45, 7) is 10.9. The molecule has 3 aromatic carbocycles. The van der Waals surface area contributed by atoms with E-state index in [1.165, 1.54) is 4.90 Å². The zero-order chi connectivity index (χ0) is 30.0. The van der Waals surface area contributed by atoms with Crippen LogP contribution in [0.1, 0.15) is 49.6 Å². The normalized spacial score (nSPS) is 13.8. The van der Waals surface area contributed by atoms with Gasteiger partial charge in [0.15, 0.2) is 0 Å². The molecule has 0 saturated carbocycles. The van der Waals surface area contributed by atoms with Crippen LogP contribution in [0.25, 0.3) is 5.69 Å². The number of hydrogen-bond acceptors (Lipinski definition) is 4. The Hall–Kier alpha value is -4.92. The number of aromatic nitrogens is 2. The molecule has 216 valence electrons. The van der Waals surface area contributed by atoms with Crippen LogP contribution in [-0.4, -0.2) is 39.2 Å². The number of anilines is 3. The van der Waals surface area contributed by atoms with Gasteiger partial charge in [-0.25, -0.2) is 19.2 Å². The summed E-state index contributed by atoms with van der Waals surface area (Å²) >= 11 is 0. The Labute approximate surface area is 246 Å². The van der Waals surface area contributed by atoms with Gasteiger partial charge in [0.1, 0.15) is 5.82 Å². The summed E-state index contributed by atoms with van der Waals surface area (Å²) < 4.78 is 1.74. The fourth-order valence-electron chi connectivity index (χ4n) is 4.80. The first-order valence-corrected chi connectivity index (χ1v) is 14.0. The topological polar surface area (TPSA) is 99.6 Å². The molecule has 1 saturated heterocycles. The van der Waals surface area contributed by atoms with Crippen molar-refractivity contribution in [1.29, 1.82) is 0 Å². The van der Waals surface area contributed by atoms with E-state index >= 15 is 0 Å². The summed E-state index contributed by atoms with van der Waals surface area (Å²) in [6, 6.07) is 23.8. The minimum Gasteiger partial charge on any atom is -0.319 e. The van der Waals surface area contributed by atoms with E-state index in [1.807, 2.05) is 74.5 Å². The van der Waals surface area contributed by atoms with Gasteiger partial charge in [-0.3, -0.25) is 10.1 Å². The average Bonchev–Trinajstić information content (AvgIpc) is 3.37. The molecule has 42 heavy (non-hydrogen) atoms. The number of carbonyl (C=O) groups excluding carboxylic acids is 3. The Morgan fingerprint density at radius 3 is 2.26 bits per heavy atom. The van der Waals surface area contributed by atoms with Crippen LogP contribution in [0.5, 0.6) is 0 Å². The number of hydrogen-bond donors (Lipinski definition) is 2.